The molecule has 1 spiro atoms. The lowest BCUT2D eigenvalue weighted by atomic mass is 9.53. The number of nitrogens with zero attached hydrogens (tertiary/aromatic N) is 1. The minimum Gasteiger partial charge on any atom is -0.497 e. The Labute approximate surface area is 137 Å². The van der Waals surface area contributed by atoms with Gasteiger partial charge in [-0.25, -0.2) is 0 Å². The highest BCUT2D eigenvalue weighted by atomic mass is 16.6. The number of ether oxygens (including phenoxy) is 3. The van der Waals surface area contributed by atoms with E-state index in [1.54, 1.807) is 14.2 Å². The minimum absolute atomic E-state index is 0.00722. The quantitative estimate of drug-likeness (QED) is 0.839. The minimum atomic E-state index is 0.00722. The lowest BCUT2D eigenvalue weighted by Crippen LogP contribution is -2.63. The number of methoxy groups -OCH3 is 2. The second-order valence-corrected chi connectivity index (χ2v) is 7.32. The molecule has 4 aliphatic rings. The van der Waals surface area contributed by atoms with Crippen LogP contribution >= 0.6 is 0 Å². The molecule has 122 valence electrons. The van der Waals surface area contributed by atoms with Crippen LogP contribution in [0, 0.1) is 5.92 Å². The average Bonchev–Trinajstić information content (AvgIpc) is 2.92. The van der Waals surface area contributed by atoms with Crippen molar-refractivity contribution in [2.75, 3.05) is 27.8 Å². The van der Waals surface area contributed by atoms with E-state index in [0.29, 0.717) is 12.0 Å². The van der Waals surface area contributed by atoms with E-state index in [1.165, 1.54) is 11.1 Å². The molecule has 5 rings (SSSR count). The molecule has 1 fully saturated rings. The van der Waals surface area contributed by atoms with E-state index in [-0.39, 0.29) is 11.5 Å². The van der Waals surface area contributed by atoms with Gasteiger partial charge in [-0.1, -0.05) is 6.07 Å². The second kappa shape index (κ2) is 4.44. The molecule has 0 aromatic heterocycles. The third-order valence-corrected chi connectivity index (χ3v) is 6.66. The highest BCUT2D eigenvalue weighted by Crippen LogP contribution is 2.63. The number of hydrogen-bond donors (Lipinski definition) is 0. The largest absolute Gasteiger partial charge is 0.497 e. The summed E-state index contributed by atoms with van der Waals surface area (Å²) in [5, 5.41) is 0. The molecule has 23 heavy (non-hydrogen) atoms. The van der Waals surface area contributed by atoms with Crippen molar-refractivity contribution in [2.45, 2.75) is 36.8 Å². The first kappa shape index (κ1) is 13.7. The highest BCUT2D eigenvalue weighted by molar-refractivity contribution is 5.62. The van der Waals surface area contributed by atoms with E-state index in [4.69, 9.17) is 14.2 Å². The van der Waals surface area contributed by atoms with Crippen LogP contribution in [0.1, 0.15) is 24.0 Å². The van der Waals surface area contributed by atoms with Crippen LogP contribution in [0.3, 0.4) is 0 Å². The van der Waals surface area contributed by atoms with E-state index in [9.17, 15) is 0 Å². The Morgan fingerprint density at radius 3 is 2.91 bits per heavy atom. The summed E-state index contributed by atoms with van der Waals surface area (Å²) < 4.78 is 17.8. The van der Waals surface area contributed by atoms with E-state index >= 15 is 0 Å². The molecule has 0 unspecified atom stereocenters. The maximum atomic E-state index is 6.50. The average molecular weight is 313 g/mol. The van der Waals surface area contributed by atoms with Gasteiger partial charge in [-0.15, -0.1) is 0 Å². The molecule has 1 saturated heterocycles. The van der Waals surface area contributed by atoms with E-state index in [0.717, 1.165) is 43.1 Å². The summed E-state index contributed by atoms with van der Waals surface area (Å²) in [6, 6.07) is 4.91. The van der Waals surface area contributed by atoms with Crippen LogP contribution in [0.25, 0.3) is 0 Å². The first-order chi connectivity index (χ1) is 11.2. The number of hydrogen-bond acceptors (Lipinski definition) is 4. The summed E-state index contributed by atoms with van der Waals surface area (Å²) >= 11 is 0. The lowest BCUT2D eigenvalue weighted by Gasteiger charge is -2.56. The number of likely N-dealkylation sites (tertiary alicyclic amines) is 1. The zero-order chi connectivity index (χ0) is 15.8. The van der Waals surface area contributed by atoms with E-state index in [2.05, 4.69) is 30.2 Å². The zero-order valence-corrected chi connectivity index (χ0v) is 14.0. The molecule has 4 heteroatoms. The molecule has 0 amide bonds. The molecular weight excluding hydrogens is 290 g/mol. The van der Waals surface area contributed by atoms with Gasteiger partial charge in [0, 0.05) is 17.0 Å². The topological polar surface area (TPSA) is 30.9 Å². The van der Waals surface area contributed by atoms with Gasteiger partial charge in [-0.05, 0) is 56.5 Å². The van der Waals surface area contributed by atoms with Crippen LogP contribution in [0.5, 0.6) is 11.5 Å². The van der Waals surface area contributed by atoms with Crippen molar-refractivity contribution in [2.24, 2.45) is 5.92 Å². The summed E-state index contributed by atoms with van der Waals surface area (Å²) in [6.45, 7) is 1.12. The zero-order valence-electron chi connectivity index (χ0n) is 14.0. The van der Waals surface area contributed by atoms with Crippen molar-refractivity contribution >= 4 is 0 Å². The Morgan fingerprint density at radius 2 is 2.13 bits per heavy atom. The van der Waals surface area contributed by atoms with Crippen molar-refractivity contribution < 1.29 is 14.2 Å². The van der Waals surface area contributed by atoms with E-state index < -0.39 is 0 Å². The lowest BCUT2D eigenvalue weighted by molar-refractivity contribution is -0.0267. The van der Waals surface area contributed by atoms with Crippen molar-refractivity contribution in [3.8, 4) is 11.5 Å². The standard InChI is InChI=1S/C19H23NO3/c1-20-9-8-19-12-5-7-15(22-3)18(19)23-17-14(21-2)6-4-11(16(17)19)10-13(12)20/h4,6-7,12-13,18H,5,8-10H2,1-3H3/t12-,13-,18+,19+/m1/s1. The first-order valence-corrected chi connectivity index (χ1v) is 8.52. The van der Waals surface area contributed by atoms with Crippen molar-refractivity contribution in [1.29, 1.82) is 0 Å². The van der Waals surface area contributed by atoms with Crippen molar-refractivity contribution in [3.05, 3.63) is 35.1 Å². The van der Waals surface area contributed by atoms with Gasteiger partial charge in [0.1, 0.15) is 5.76 Å². The van der Waals surface area contributed by atoms with Gasteiger partial charge >= 0.3 is 0 Å². The molecule has 2 aliphatic carbocycles. The predicted octanol–water partition coefficient (Wildman–Crippen LogP) is 2.50. The molecule has 0 saturated carbocycles. The molecule has 1 aromatic rings. The van der Waals surface area contributed by atoms with Gasteiger partial charge in [0.2, 0.25) is 0 Å². The molecule has 2 bridgehead atoms. The summed E-state index contributed by atoms with van der Waals surface area (Å²) in [7, 11) is 5.77. The van der Waals surface area contributed by atoms with Gasteiger partial charge < -0.3 is 19.1 Å². The molecular formula is C19H23NO3. The summed E-state index contributed by atoms with van der Waals surface area (Å²) in [4.78, 5) is 2.55. The first-order valence-electron chi connectivity index (χ1n) is 8.52. The molecule has 0 N–H and O–H groups in total. The Kier molecular flexibility index (Phi) is 2.65. The Hall–Kier alpha value is -1.68. The van der Waals surface area contributed by atoms with Crippen LogP contribution < -0.4 is 9.47 Å². The third kappa shape index (κ3) is 1.46. The number of likely N-dealkylation sites (N-methyl/N-ethyl adjacent to an activating group) is 1. The van der Waals surface area contributed by atoms with Gasteiger partial charge in [0.15, 0.2) is 17.6 Å². The Morgan fingerprint density at radius 1 is 1.26 bits per heavy atom. The van der Waals surface area contributed by atoms with Crippen LogP contribution in [-0.2, 0) is 16.6 Å². The number of piperidine rings is 1. The second-order valence-electron chi connectivity index (χ2n) is 7.32. The van der Waals surface area contributed by atoms with Gasteiger partial charge in [0.25, 0.3) is 0 Å². The van der Waals surface area contributed by atoms with Crippen LogP contribution in [0.4, 0.5) is 0 Å². The normalized spacial score (nSPS) is 36.8. The van der Waals surface area contributed by atoms with Gasteiger partial charge in [-0.2, -0.15) is 0 Å². The molecule has 2 heterocycles. The van der Waals surface area contributed by atoms with Crippen molar-refractivity contribution in [3.63, 3.8) is 0 Å². The molecule has 4 nitrogen and oxygen atoms in total. The van der Waals surface area contributed by atoms with Gasteiger partial charge in [-0.3, -0.25) is 0 Å². The maximum absolute atomic E-state index is 6.50. The Balaban J connectivity index is 1.80. The fraction of sp³-hybridized carbons (Fsp3) is 0.579. The fourth-order valence-corrected chi connectivity index (χ4v) is 5.66. The number of benzene rings is 1. The molecule has 1 aromatic carbocycles. The maximum Gasteiger partial charge on any atom is 0.166 e. The van der Waals surface area contributed by atoms with Crippen molar-refractivity contribution in [1.82, 2.24) is 4.90 Å². The third-order valence-electron chi connectivity index (χ3n) is 6.66. The smallest absolute Gasteiger partial charge is 0.166 e. The van der Waals surface area contributed by atoms with Gasteiger partial charge in [0.05, 0.1) is 14.2 Å². The van der Waals surface area contributed by atoms with E-state index in [1.807, 2.05) is 0 Å². The monoisotopic (exact) mass is 313 g/mol. The summed E-state index contributed by atoms with van der Waals surface area (Å²) in [5.74, 6) is 3.42. The van der Waals surface area contributed by atoms with Crippen LogP contribution in [0.2, 0.25) is 0 Å². The molecule has 2 aliphatic heterocycles. The van der Waals surface area contributed by atoms with Crippen LogP contribution in [0.15, 0.2) is 24.0 Å². The predicted molar refractivity (Wildman–Crippen MR) is 87.0 cm³/mol. The fourth-order valence-electron chi connectivity index (χ4n) is 5.66. The highest BCUT2D eigenvalue weighted by Gasteiger charge is 2.64. The summed E-state index contributed by atoms with van der Waals surface area (Å²) in [6.07, 6.45) is 5.58. The molecule has 0 radical (unpaired) electrons. The number of allylic oxidation sites excluding steroid dienone is 1. The SMILES string of the molecule is COC1=CC[C@@H]2[C@H]3Cc4ccc(OC)c5c4[C@@]2(CCN3C)[C@H]1O5. The summed E-state index contributed by atoms with van der Waals surface area (Å²) in [5.41, 5.74) is 2.92. The number of rotatable bonds is 2. The Bertz CT molecular complexity index is 713. The molecule has 4 atom stereocenters. The van der Waals surface area contributed by atoms with Crippen LogP contribution in [-0.4, -0.2) is 44.9 Å².